The SMILES string of the molecule is C1CCC(CNCCCC2CCCNC2)OC1. The van der Waals surface area contributed by atoms with Gasteiger partial charge >= 0.3 is 0 Å². The number of hydrogen-bond donors (Lipinski definition) is 2. The van der Waals surface area contributed by atoms with Crippen LogP contribution in [0.25, 0.3) is 0 Å². The van der Waals surface area contributed by atoms with Gasteiger partial charge in [0.2, 0.25) is 0 Å². The van der Waals surface area contributed by atoms with E-state index in [1.807, 2.05) is 0 Å². The highest BCUT2D eigenvalue weighted by Gasteiger charge is 2.14. The van der Waals surface area contributed by atoms with Crippen LogP contribution in [0.2, 0.25) is 0 Å². The molecule has 0 aromatic carbocycles. The lowest BCUT2D eigenvalue weighted by atomic mass is 9.95. The molecular weight excluding hydrogens is 212 g/mol. The van der Waals surface area contributed by atoms with Gasteiger partial charge in [0.1, 0.15) is 0 Å². The maximum atomic E-state index is 5.70. The molecule has 17 heavy (non-hydrogen) atoms. The van der Waals surface area contributed by atoms with Crippen LogP contribution in [0.5, 0.6) is 0 Å². The van der Waals surface area contributed by atoms with Crippen molar-refractivity contribution < 1.29 is 4.74 Å². The molecule has 0 aliphatic carbocycles. The third-order valence-corrected chi connectivity index (χ3v) is 4.01. The van der Waals surface area contributed by atoms with Gasteiger partial charge in [0.25, 0.3) is 0 Å². The van der Waals surface area contributed by atoms with Crippen LogP contribution in [0.15, 0.2) is 0 Å². The van der Waals surface area contributed by atoms with E-state index in [-0.39, 0.29) is 0 Å². The minimum absolute atomic E-state index is 0.486. The first-order chi connectivity index (χ1) is 8.45. The van der Waals surface area contributed by atoms with Gasteiger partial charge in [-0.25, -0.2) is 0 Å². The summed E-state index contributed by atoms with van der Waals surface area (Å²) in [6.45, 7) is 5.67. The molecule has 2 atom stereocenters. The minimum atomic E-state index is 0.486. The topological polar surface area (TPSA) is 33.3 Å². The fraction of sp³-hybridized carbons (Fsp3) is 1.00. The number of piperidine rings is 1. The fourth-order valence-electron chi connectivity index (χ4n) is 2.92. The summed E-state index contributed by atoms with van der Waals surface area (Å²) in [6.07, 6.45) is 9.84. The maximum absolute atomic E-state index is 5.70. The molecule has 100 valence electrons. The number of hydrogen-bond acceptors (Lipinski definition) is 3. The molecule has 0 saturated carbocycles. The molecular formula is C14H28N2O. The molecule has 3 heteroatoms. The van der Waals surface area contributed by atoms with E-state index in [0.29, 0.717) is 6.10 Å². The van der Waals surface area contributed by atoms with E-state index in [2.05, 4.69) is 10.6 Å². The van der Waals surface area contributed by atoms with Crippen LogP contribution in [0.4, 0.5) is 0 Å². The predicted molar refractivity (Wildman–Crippen MR) is 71.3 cm³/mol. The Morgan fingerprint density at radius 3 is 2.94 bits per heavy atom. The third-order valence-electron chi connectivity index (χ3n) is 4.01. The first-order valence-electron chi connectivity index (χ1n) is 7.48. The average Bonchev–Trinajstić information content (AvgIpc) is 2.41. The summed E-state index contributed by atoms with van der Waals surface area (Å²) in [5.74, 6) is 0.927. The predicted octanol–water partition coefficient (Wildman–Crippen LogP) is 1.92. The summed E-state index contributed by atoms with van der Waals surface area (Å²) in [5.41, 5.74) is 0. The molecule has 3 nitrogen and oxygen atoms in total. The van der Waals surface area contributed by atoms with E-state index < -0.39 is 0 Å². The van der Waals surface area contributed by atoms with E-state index in [1.165, 1.54) is 58.0 Å². The summed E-state index contributed by atoms with van der Waals surface area (Å²) in [4.78, 5) is 0. The Kier molecular flexibility index (Phi) is 6.32. The molecule has 0 radical (unpaired) electrons. The zero-order valence-corrected chi connectivity index (χ0v) is 11.0. The zero-order valence-electron chi connectivity index (χ0n) is 11.0. The fourth-order valence-corrected chi connectivity index (χ4v) is 2.92. The van der Waals surface area contributed by atoms with Gasteiger partial charge < -0.3 is 15.4 Å². The lowest BCUT2D eigenvalue weighted by Crippen LogP contribution is -2.33. The maximum Gasteiger partial charge on any atom is 0.0699 e. The summed E-state index contributed by atoms with van der Waals surface area (Å²) in [5, 5.41) is 7.04. The van der Waals surface area contributed by atoms with Gasteiger partial charge in [0.15, 0.2) is 0 Å². The molecule has 2 fully saturated rings. The third kappa shape index (κ3) is 5.36. The standard InChI is InChI=1S/C14H28N2O/c1-2-10-17-14(7-1)12-16-9-4-6-13-5-3-8-15-11-13/h13-16H,1-12H2. The summed E-state index contributed by atoms with van der Waals surface area (Å²) in [6, 6.07) is 0. The van der Waals surface area contributed by atoms with Gasteiger partial charge in [-0.1, -0.05) is 0 Å². The zero-order chi connectivity index (χ0) is 11.8. The first kappa shape index (κ1) is 13.3. The minimum Gasteiger partial charge on any atom is -0.377 e. The molecule has 0 aromatic rings. The van der Waals surface area contributed by atoms with E-state index in [1.54, 1.807) is 0 Å². The van der Waals surface area contributed by atoms with Gasteiger partial charge in [0, 0.05) is 13.2 Å². The van der Waals surface area contributed by atoms with Crippen LogP contribution in [0.1, 0.15) is 44.9 Å². The molecule has 0 spiro atoms. The number of nitrogens with one attached hydrogen (secondary N) is 2. The second-order valence-corrected chi connectivity index (χ2v) is 5.55. The van der Waals surface area contributed by atoms with Crippen molar-refractivity contribution in [1.82, 2.24) is 10.6 Å². The Hall–Kier alpha value is -0.120. The van der Waals surface area contributed by atoms with Crippen molar-refractivity contribution in [2.24, 2.45) is 5.92 Å². The van der Waals surface area contributed by atoms with Crippen LogP contribution in [0.3, 0.4) is 0 Å². The van der Waals surface area contributed by atoms with Crippen molar-refractivity contribution in [3.8, 4) is 0 Å². The Balaban J connectivity index is 1.42. The lowest BCUT2D eigenvalue weighted by molar-refractivity contribution is 0.0170. The van der Waals surface area contributed by atoms with Crippen LogP contribution in [-0.4, -0.2) is 38.9 Å². The van der Waals surface area contributed by atoms with Gasteiger partial charge in [-0.3, -0.25) is 0 Å². The second kappa shape index (κ2) is 8.06. The Bertz CT molecular complexity index is 167. The van der Waals surface area contributed by atoms with E-state index >= 15 is 0 Å². The van der Waals surface area contributed by atoms with Gasteiger partial charge in [0.05, 0.1) is 6.10 Å². The van der Waals surface area contributed by atoms with Crippen molar-refractivity contribution in [2.75, 3.05) is 32.8 Å². The van der Waals surface area contributed by atoms with Gasteiger partial charge in [-0.15, -0.1) is 0 Å². The molecule has 0 aromatic heterocycles. The second-order valence-electron chi connectivity index (χ2n) is 5.55. The molecule has 2 aliphatic rings. The van der Waals surface area contributed by atoms with Crippen LogP contribution in [0, 0.1) is 5.92 Å². The largest absolute Gasteiger partial charge is 0.377 e. The van der Waals surface area contributed by atoms with E-state index in [4.69, 9.17) is 4.74 Å². The molecule has 2 aliphatic heterocycles. The van der Waals surface area contributed by atoms with Crippen molar-refractivity contribution >= 4 is 0 Å². The molecule has 2 rings (SSSR count). The summed E-state index contributed by atoms with van der Waals surface area (Å²) in [7, 11) is 0. The Morgan fingerprint density at radius 2 is 2.18 bits per heavy atom. The number of rotatable bonds is 6. The highest BCUT2D eigenvalue weighted by molar-refractivity contribution is 4.70. The van der Waals surface area contributed by atoms with Crippen LogP contribution >= 0.6 is 0 Å². The van der Waals surface area contributed by atoms with Crippen molar-refractivity contribution in [3.63, 3.8) is 0 Å². The van der Waals surface area contributed by atoms with Crippen molar-refractivity contribution in [1.29, 1.82) is 0 Å². The van der Waals surface area contributed by atoms with Crippen molar-refractivity contribution in [3.05, 3.63) is 0 Å². The molecule has 2 N–H and O–H groups in total. The molecule has 0 bridgehead atoms. The Labute approximate surface area is 106 Å². The van der Waals surface area contributed by atoms with Crippen LogP contribution < -0.4 is 10.6 Å². The highest BCUT2D eigenvalue weighted by atomic mass is 16.5. The van der Waals surface area contributed by atoms with Gasteiger partial charge in [-0.05, 0) is 70.5 Å². The normalized spacial score (nSPS) is 30.4. The molecule has 2 saturated heterocycles. The molecule has 2 unspecified atom stereocenters. The van der Waals surface area contributed by atoms with Crippen LogP contribution in [-0.2, 0) is 4.74 Å². The monoisotopic (exact) mass is 240 g/mol. The quantitative estimate of drug-likeness (QED) is 0.696. The van der Waals surface area contributed by atoms with E-state index in [0.717, 1.165) is 25.6 Å². The first-order valence-corrected chi connectivity index (χ1v) is 7.48. The lowest BCUT2D eigenvalue weighted by Gasteiger charge is -2.24. The highest BCUT2D eigenvalue weighted by Crippen LogP contribution is 2.15. The summed E-state index contributed by atoms with van der Waals surface area (Å²) >= 11 is 0. The average molecular weight is 240 g/mol. The molecule has 0 amide bonds. The van der Waals surface area contributed by atoms with Crippen molar-refractivity contribution in [2.45, 2.75) is 51.0 Å². The molecule has 2 heterocycles. The smallest absolute Gasteiger partial charge is 0.0699 e. The Morgan fingerprint density at radius 1 is 1.18 bits per heavy atom. The van der Waals surface area contributed by atoms with Gasteiger partial charge in [-0.2, -0.15) is 0 Å². The number of ether oxygens (including phenoxy) is 1. The summed E-state index contributed by atoms with van der Waals surface area (Å²) < 4.78 is 5.70. The van der Waals surface area contributed by atoms with E-state index in [9.17, 15) is 0 Å².